The second-order valence-electron chi connectivity index (χ2n) is 9.72. The quantitative estimate of drug-likeness (QED) is 0.489. The molecule has 2 fully saturated rings. The van der Waals surface area contributed by atoms with Crippen molar-refractivity contribution < 1.29 is 14.3 Å². The Hall–Kier alpha value is -3.36. The average Bonchev–Trinajstić information content (AvgIpc) is 3.22. The van der Waals surface area contributed by atoms with Gasteiger partial charge in [0.05, 0.1) is 42.7 Å². The first kappa shape index (κ1) is 25.3. The number of benzene rings is 2. The van der Waals surface area contributed by atoms with Crippen LogP contribution in [0.1, 0.15) is 47.3 Å². The molecule has 2 aromatic carbocycles. The second-order valence-corrected chi connectivity index (χ2v) is 10.1. The van der Waals surface area contributed by atoms with Crippen molar-refractivity contribution >= 4 is 23.4 Å². The molecule has 9 heteroatoms. The van der Waals surface area contributed by atoms with Crippen LogP contribution < -0.4 is 15.4 Å². The zero-order valence-electron chi connectivity index (χ0n) is 21.1. The van der Waals surface area contributed by atoms with Crippen LogP contribution in [0.3, 0.4) is 0 Å². The Balaban J connectivity index is 1.46. The van der Waals surface area contributed by atoms with Crippen LogP contribution >= 0.6 is 11.6 Å². The molecule has 3 aromatic rings. The topological polar surface area (TPSA) is 88.5 Å². The molecule has 0 radical (unpaired) electrons. The number of halogens is 1. The van der Waals surface area contributed by atoms with E-state index in [1.165, 1.54) is 0 Å². The van der Waals surface area contributed by atoms with Crippen LogP contribution in [0.15, 0.2) is 54.6 Å². The van der Waals surface area contributed by atoms with Gasteiger partial charge in [-0.15, -0.1) is 0 Å². The third-order valence-corrected chi connectivity index (χ3v) is 7.65. The van der Waals surface area contributed by atoms with Gasteiger partial charge in [0.15, 0.2) is 0 Å². The number of methoxy groups -OCH3 is 1. The molecule has 1 aliphatic heterocycles. The number of para-hydroxylation sites is 2. The van der Waals surface area contributed by atoms with E-state index in [0.717, 1.165) is 36.9 Å². The number of nitrogens with one attached hydrogen (secondary N) is 2. The number of hydrogen-bond acceptors (Lipinski definition) is 5. The van der Waals surface area contributed by atoms with E-state index in [9.17, 15) is 9.59 Å². The first-order valence-electron chi connectivity index (χ1n) is 12.7. The molecule has 2 heterocycles. The number of carbonyl (C=O) groups is 2. The molecular formula is C28H32ClN5O3. The van der Waals surface area contributed by atoms with Crippen LogP contribution in [0.4, 0.5) is 0 Å². The van der Waals surface area contributed by atoms with Gasteiger partial charge >= 0.3 is 0 Å². The van der Waals surface area contributed by atoms with Crippen molar-refractivity contribution in [3.05, 3.63) is 76.6 Å². The summed E-state index contributed by atoms with van der Waals surface area (Å²) in [6.07, 6.45) is 3.67. The lowest BCUT2D eigenvalue weighted by Crippen LogP contribution is -2.65. The van der Waals surface area contributed by atoms with Crippen molar-refractivity contribution in [2.45, 2.75) is 51.4 Å². The Bertz CT molecular complexity index is 1280. The maximum absolute atomic E-state index is 14.1. The Kier molecular flexibility index (Phi) is 7.48. The Labute approximate surface area is 221 Å². The van der Waals surface area contributed by atoms with Crippen molar-refractivity contribution in [1.29, 1.82) is 0 Å². The molecule has 0 spiro atoms. The van der Waals surface area contributed by atoms with E-state index in [-0.39, 0.29) is 48.2 Å². The van der Waals surface area contributed by atoms with Crippen LogP contribution in [-0.4, -0.2) is 52.4 Å². The van der Waals surface area contributed by atoms with Gasteiger partial charge in [-0.05, 0) is 38.0 Å². The lowest BCUT2D eigenvalue weighted by atomic mass is 9.82. The molecule has 2 N–H and O–H groups in total. The van der Waals surface area contributed by atoms with E-state index in [1.807, 2.05) is 54.6 Å². The minimum atomic E-state index is -0.367. The monoisotopic (exact) mass is 521 g/mol. The summed E-state index contributed by atoms with van der Waals surface area (Å²) in [6, 6.07) is 17.2. The Morgan fingerprint density at radius 2 is 1.86 bits per heavy atom. The lowest BCUT2D eigenvalue weighted by Gasteiger charge is -2.41. The van der Waals surface area contributed by atoms with Crippen LogP contribution in [-0.2, 0) is 11.3 Å². The van der Waals surface area contributed by atoms with Gasteiger partial charge in [0.25, 0.3) is 5.91 Å². The summed E-state index contributed by atoms with van der Waals surface area (Å²) in [7, 11) is 1.61. The number of amides is 2. The van der Waals surface area contributed by atoms with Gasteiger partial charge in [-0.2, -0.15) is 5.10 Å². The number of nitrogens with zero attached hydrogens (tertiary/aromatic N) is 3. The molecule has 1 aromatic heterocycles. The predicted octanol–water partition coefficient (Wildman–Crippen LogP) is 4.09. The summed E-state index contributed by atoms with van der Waals surface area (Å²) in [5.74, 6) is 0.488. The molecule has 3 unspecified atom stereocenters. The highest BCUT2D eigenvalue weighted by Crippen LogP contribution is 2.29. The summed E-state index contributed by atoms with van der Waals surface area (Å²) in [6.45, 7) is 2.35. The van der Waals surface area contributed by atoms with E-state index >= 15 is 0 Å². The fourth-order valence-electron chi connectivity index (χ4n) is 5.44. The Morgan fingerprint density at radius 1 is 1.14 bits per heavy atom. The zero-order chi connectivity index (χ0) is 25.9. The maximum Gasteiger partial charge on any atom is 0.259 e. The first-order chi connectivity index (χ1) is 18.0. The van der Waals surface area contributed by atoms with E-state index in [2.05, 4.69) is 15.7 Å². The predicted molar refractivity (Wildman–Crippen MR) is 142 cm³/mol. The van der Waals surface area contributed by atoms with E-state index in [0.29, 0.717) is 17.0 Å². The molecule has 3 atom stereocenters. The molecule has 1 aliphatic carbocycles. The largest absolute Gasteiger partial charge is 0.496 e. The van der Waals surface area contributed by atoms with Gasteiger partial charge in [0, 0.05) is 18.2 Å². The van der Waals surface area contributed by atoms with Crippen LogP contribution in [0.2, 0.25) is 5.15 Å². The smallest absolute Gasteiger partial charge is 0.259 e. The summed E-state index contributed by atoms with van der Waals surface area (Å²) < 4.78 is 7.13. The van der Waals surface area contributed by atoms with E-state index < -0.39 is 0 Å². The summed E-state index contributed by atoms with van der Waals surface area (Å²) in [5.41, 5.74) is 2.52. The van der Waals surface area contributed by atoms with Crippen LogP contribution in [0.25, 0.3) is 5.69 Å². The number of rotatable bonds is 7. The van der Waals surface area contributed by atoms with Crippen molar-refractivity contribution in [3.8, 4) is 11.4 Å². The first-order valence-corrected chi connectivity index (χ1v) is 13.1. The SMILES string of the molecule is COc1ccccc1CN(CC1NC(=O)C2CCCCC2N1)C(=O)c1c(C)nn(-c2ccccc2)c1Cl. The van der Waals surface area contributed by atoms with Gasteiger partial charge < -0.3 is 15.0 Å². The second kappa shape index (κ2) is 10.9. The normalized spacial score (nSPS) is 21.2. The minimum Gasteiger partial charge on any atom is -0.496 e. The molecule has 2 amide bonds. The third kappa shape index (κ3) is 5.22. The maximum atomic E-state index is 14.1. The molecular weight excluding hydrogens is 490 g/mol. The molecule has 0 bridgehead atoms. The number of fused-ring (bicyclic) bond motifs is 1. The molecule has 1 saturated carbocycles. The van der Waals surface area contributed by atoms with Crippen molar-refractivity contribution in [3.63, 3.8) is 0 Å². The van der Waals surface area contributed by atoms with Crippen LogP contribution in [0.5, 0.6) is 5.75 Å². The summed E-state index contributed by atoms with van der Waals surface area (Å²) in [5, 5.41) is 11.5. The molecule has 1 saturated heterocycles. The standard InChI is InChI=1S/C28H32ClN5O3/c1-18-25(26(29)34(32-18)20-11-4-3-5-12-20)28(36)33(16-19-10-6-9-15-23(19)37-2)17-24-30-22-14-8-7-13-21(22)27(35)31-24/h3-6,9-12,15,21-22,24,30H,7-8,13-14,16-17H2,1-2H3,(H,31,35). The van der Waals surface area contributed by atoms with Crippen molar-refractivity contribution in [1.82, 2.24) is 25.3 Å². The van der Waals surface area contributed by atoms with E-state index in [1.54, 1.807) is 23.6 Å². The Morgan fingerprint density at radius 3 is 2.65 bits per heavy atom. The summed E-state index contributed by atoms with van der Waals surface area (Å²) in [4.78, 5) is 28.7. The molecule has 194 valence electrons. The zero-order valence-corrected chi connectivity index (χ0v) is 21.9. The van der Waals surface area contributed by atoms with Gasteiger partial charge in [0.2, 0.25) is 5.91 Å². The van der Waals surface area contributed by atoms with Crippen LogP contribution in [0, 0.1) is 12.8 Å². The number of aryl methyl sites for hydroxylation is 1. The number of hydrogen-bond donors (Lipinski definition) is 2. The molecule has 37 heavy (non-hydrogen) atoms. The molecule has 5 rings (SSSR count). The third-order valence-electron chi connectivity index (χ3n) is 7.30. The highest BCUT2D eigenvalue weighted by Gasteiger charge is 2.38. The minimum absolute atomic E-state index is 0.0100. The summed E-state index contributed by atoms with van der Waals surface area (Å²) >= 11 is 6.76. The van der Waals surface area contributed by atoms with Gasteiger partial charge in [-0.1, -0.05) is 60.8 Å². The van der Waals surface area contributed by atoms with E-state index in [4.69, 9.17) is 16.3 Å². The van der Waals surface area contributed by atoms with Crippen molar-refractivity contribution in [2.24, 2.45) is 5.92 Å². The van der Waals surface area contributed by atoms with Gasteiger partial charge in [-0.3, -0.25) is 14.9 Å². The molecule has 2 aliphatic rings. The lowest BCUT2D eigenvalue weighted by molar-refractivity contribution is -0.131. The van der Waals surface area contributed by atoms with Gasteiger partial charge in [-0.25, -0.2) is 4.68 Å². The average molecular weight is 522 g/mol. The van der Waals surface area contributed by atoms with Crippen molar-refractivity contribution in [2.75, 3.05) is 13.7 Å². The van der Waals surface area contributed by atoms with Gasteiger partial charge in [0.1, 0.15) is 10.9 Å². The number of ether oxygens (including phenoxy) is 1. The fraction of sp³-hybridized carbons (Fsp3) is 0.393. The number of carbonyl (C=O) groups excluding carboxylic acids is 2. The highest BCUT2D eigenvalue weighted by atomic mass is 35.5. The number of aromatic nitrogens is 2. The highest BCUT2D eigenvalue weighted by molar-refractivity contribution is 6.33. The molecule has 8 nitrogen and oxygen atoms in total. The fourth-order valence-corrected chi connectivity index (χ4v) is 5.79.